The van der Waals surface area contributed by atoms with Gasteiger partial charge in [-0.25, -0.2) is 0 Å². The summed E-state index contributed by atoms with van der Waals surface area (Å²) in [7, 11) is 4.02. The third kappa shape index (κ3) is 3.54. The van der Waals surface area contributed by atoms with Gasteiger partial charge in [0.2, 0.25) is 0 Å². The molecule has 0 bridgehead atoms. The Morgan fingerprint density at radius 2 is 2.00 bits per heavy atom. The summed E-state index contributed by atoms with van der Waals surface area (Å²) in [6.45, 7) is 5.67. The molecule has 1 heterocycles. The van der Waals surface area contributed by atoms with Crippen molar-refractivity contribution in [2.45, 2.75) is 51.7 Å². The number of rotatable bonds is 4. The van der Waals surface area contributed by atoms with Gasteiger partial charge in [-0.3, -0.25) is 4.90 Å². The van der Waals surface area contributed by atoms with Gasteiger partial charge in [-0.05, 0) is 45.6 Å². The lowest BCUT2D eigenvalue weighted by Gasteiger charge is -2.37. The highest BCUT2D eigenvalue weighted by Crippen LogP contribution is 2.32. The second kappa shape index (κ2) is 5.59. The fourth-order valence-corrected chi connectivity index (χ4v) is 2.85. The van der Waals surface area contributed by atoms with E-state index in [2.05, 4.69) is 22.0 Å². The Kier molecular flexibility index (Phi) is 4.26. The summed E-state index contributed by atoms with van der Waals surface area (Å²) in [5.74, 6) is 2.63. The molecule has 0 amide bonds. The quantitative estimate of drug-likeness (QED) is 0.897. The lowest BCUT2D eigenvalue weighted by atomic mass is 9.79. The first kappa shape index (κ1) is 14.5. The molecule has 0 atom stereocenters. The molecular weight excluding hydrogens is 240 g/mol. The fourth-order valence-electron chi connectivity index (χ4n) is 2.85. The molecule has 0 aromatic carbocycles. The Morgan fingerprint density at radius 1 is 1.37 bits per heavy atom. The van der Waals surface area contributed by atoms with E-state index in [-0.39, 0.29) is 0 Å². The molecule has 0 radical (unpaired) electrons. The van der Waals surface area contributed by atoms with Gasteiger partial charge in [0.25, 0.3) is 0 Å². The molecule has 1 aliphatic rings. The molecule has 19 heavy (non-hydrogen) atoms. The Balaban J connectivity index is 1.90. The summed E-state index contributed by atoms with van der Waals surface area (Å²) in [4.78, 5) is 2.15. The number of aryl methyl sites for hydroxylation is 1. The number of nitrogens with zero attached hydrogens (tertiary/aromatic N) is 4. The first-order valence-corrected chi connectivity index (χ1v) is 7.15. The van der Waals surface area contributed by atoms with Crippen LogP contribution in [0.1, 0.15) is 44.3 Å². The predicted molar refractivity (Wildman–Crippen MR) is 74.7 cm³/mol. The van der Waals surface area contributed by atoms with Crippen LogP contribution in [0.5, 0.6) is 0 Å². The van der Waals surface area contributed by atoms with Crippen molar-refractivity contribution >= 4 is 0 Å². The zero-order valence-electron chi connectivity index (χ0n) is 12.6. The summed E-state index contributed by atoms with van der Waals surface area (Å²) < 4.78 is 2.00. The molecule has 0 aliphatic heterocycles. The molecule has 108 valence electrons. The average molecular weight is 266 g/mol. The summed E-state index contributed by atoms with van der Waals surface area (Å²) >= 11 is 0. The topological polar surface area (TPSA) is 54.2 Å². The Morgan fingerprint density at radius 3 is 2.53 bits per heavy atom. The number of likely N-dealkylation sites (N-methyl/N-ethyl adjacent to an activating group) is 1. The van der Waals surface area contributed by atoms with Crippen LogP contribution in [-0.2, 0) is 13.6 Å². The minimum absolute atomic E-state index is 0.519. The van der Waals surface area contributed by atoms with E-state index in [1.807, 2.05) is 25.6 Å². The Labute approximate surface area is 115 Å². The van der Waals surface area contributed by atoms with Crippen LogP contribution in [0.4, 0.5) is 0 Å². The summed E-state index contributed by atoms with van der Waals surface area (Å²) in [6, 6.07) is 0. The van der Waals surface area contributed by atoms with Crippen LogP contribution in [-0.4, -0.2) is 44.0 Å². The normalized spacial score (nSPS) is 28.0. The van der Waals surface area contributed by atoms with Crippen LogP contribution < -0.4 is 0 Å². The molecule has 0 spiro atoms. The highest BCUT2D eigenvalue weighted by molar-refractivity contribution is 4.93. The first-order chi connectivity index (χ1) is 8.89. The van der Waals surface area contributed by atoms with Crippen molar-refractivity contribution in [2.24, 2.45) is 13.0 Å². The molecule has 1 fully saturated rings. The maximum atomic E-state index is 10.6. The van der Waals surface area contributed by atoms with Gasteiger partial charge in [0.05, 0.1) is 12.1 Å². The molecule has 1 aliphatic carbocycles. The van der Waals surface area contributed by atoms with Crippen LogP contribution in [0.2, 0.25) is 0 Å². The zero-order valence-corrected chi connectivity index (χ0v) is 12.6. The number of aromatic nitrogens is 3. The van der Waals surface area contributed by atoms with E-state index in [9.17, 15) is 5.11 Å². The fraction of sp³-hybridized carbons (Fsp3) is 0.857. The van der Waals surface area contributed by atoms with Crippen LogP contribution in [0.15, 0.2) is 0 Å². The Bertz CT molecular complexity index is 421. The lowest BCUT2D eigenvalue weighted by molar-refractivity contribution is -0.0320. The van der Waals surface area contributed by atoms with Crippen molar-refractivity contribution in [1.82, 2.24) is 19.7 Å². The predicted octanol–water partition coefficient (Wildman–Crippen LogP) is 1.50. The van der Waals surface area contributed by atoms with Crippen molar-refractivity contribution in [2.75, 3.05) is 13.6 Å². The van der Waals surface area contributed by atoms with E-state index >= 15 is 0 Å². The van der Waals surface area contributed by atoms with Crippen LogP contribution in [0.25, 0.3) is 0 Å². The van der Waals surface area contributed by atoms with Gasteiger partial charge in [-0.1, -0.05) is 6.92 Å². The Hall–Kier alpha value is -0.940. The van der Waals surface area contributed by atoms with Gasteiger partial charge in [-0.15, -0.1) is 10.2 Å². The van der Waals surface area contributed by atoms with E-state index in [0.29, 0.717) is 6.54 Å². The highest BCUT2D eigenvalue weighted by atomic mass is 16.3. The second-order valence-electron chi connectivity index (χ2n) is 6.30. The monoisotopic (exact) mass is 266 g/mol. The van der Waals surface area contributed by atoms with Gasteiger partial charge in [0, 0.05) is 13.6 Å². The van der Waals surface area contributed by atoms with E-state index < -0.39 is 5.60 Å². The number of hydrogen-bond acceptors (Lipinski definition) is 4. The molecule has 1 aromatic heterocycles. The minimum Gasteiger partial charge on any atom is -0.389 e. The third-order valence-corrected chi connectivity index (χ3v) is 4.36. The van der Waals surface area contributed by atoms with Gasteiger partial charge < -0.3 is 9.67 Å². The van der Waals surface area contributed by atoms with Crippen LogP contribution in [0.3, 0.4) is 0 Å². The third-order valence-electron chi connectivity index (χ3n) is 4.36. The maximum absolute atomic E-state index is 10.6. The van der Waals surface area contributed by atoms with Gasteiger partial charge in [0.1, 0.15) is 11.6 Å². The molecule has 0 unspecified atom stereocenters. The zero-order chi connectivity index (χ0) is 14.0. The SMILES string of the molecule is Cc1nnc(CN(C)CC2(O)CCC(C)CC2)n1C. The number of hydrogen-bond donors (Lipinski definition) is 1. The molecule has 2 rings (SSSR count). The van der Waals surface area contributed by atoms with E-state index in [1.54, 1.807) is 0 Å². The minimum atomic E-state index is -0.519. The van der Waals surface area contributed by atoms with Crippen molar-refractivity contribution in [1.29, 1.82) is 0 Å². The van der Waals surface area contributed by atoms with Crippen LogP contribution in [0, 0.1) is 12.8 Å². The highest BCUT2D eigenvalue weighted by Gasteiger charge is 2.32. The second-order valence-corrected chi connectivity index (χ2v) is 6.30. The van der Waals surface area contributed by atoms with E-state index in [4.69, 9.17) is 0 Å². The van der Waals surface area contributed by atoms with Crippen LogP contribution >= 0.6 is 0 Å². The summed E-state index contributed by atoms with van der Waals surface area (Å²) in [5, 5.41) is 18.9. The summed E-state index contributed by atoms with van der Waals surface area (Å²) in [5.41, 5.74) is -0.519. The molecule has 5 heteroatoms. The van der Waals surface area contributed by atoms with Crippen molar-refractivity contribution in [3.8, 4) is 0 Å². The smallest absolute Gasteiger partial charge is 0.146 e. The maximum Gasteiger partial charge on any atom is 0.146 e. The molecule has 1 N–H and O–H groups in total. The molecule has 0 saturated heterocycles. The molecule has 1 aromatic rings. The van der Waals surface area contributed by atoms with Crippen molar-refractivity contribution in [3.63, 3.8) is 0 Å². The average Bonchev–Trinajstić information content (AvgIpc) is 2.65. The lowest BCUT2D eigenvalue weighted by Crippen LogP contribution is -2.44. The molecule has 5 nitrogen and oxygen atoms in total. The van der Waals surface area contributed by atoms with Gasteiger partial charge in [-0.2, -0.15) is 0 Å². The van der Waals surface area contributed by atoms with Crippen molar-refractivity contribution < 1.29 is 5.11 Å². The molecular formula is C14H26N4O. The first-order valence-electron chi connectivity index (χ1n) is 7.15. The number of aliphatic hydroxyl groups is 1. The van der Waals surface area contributed by atoms with E-state index in [0.717, 1.165) is 49.8 Å². The summed E-state index contributed by atoms with van der Waals surface area (Å²) in [6.07, 6.45) is 4.09. The standard InChI is InChI=1S/C14H26N4O/c1-11-5-7-14(19,8-6-11)10-17(3)9-13-16-15-12(2)18(13)4/h11,19H,5-10H2,1-4H3. The van der Waals surface area contributed by atoms with Gasteiger partial charge >= 0.3 is 0 Å². The molecule has 1 saturated carbocycles. The van der Waals surface area contributed by atoms with Crippen molar-refractivity contribution in [3.05, 3.63) is 11.6 Å². The largest absolute Gasteiger partial charge is 0.389 e. The van der Waals surface area contributed by atoms with E-state index in [1.165, 1.54) is 0 Å². The van der Waals surface area contributed by atoms with Gasteiger partial charge in [0.15, 0.2) is 0 Å².